The van der Waals surface area contributed by atoms with E-state index in [1.54, 1.807) is 0 Å². The molecule has 0 radical (unpaired) electrons. The maximum absolute atomic E-state index is 8.53. The number of benzene rings is 1. The van der Waals surface area contributed by atoms with Crippen LogP contribution >= 0.6 is 0 Å². The third kappa shape index (κ3) is 3.51. The highest BCUT2D eigenvalue weighted by atomic mass is 15.1. The molecule has 0 bridgehead atoms. The van der Waals surface area contributed by atoms with Crippen LogP contribution in [0.15, 0.2) is 24.3 Å². The summed E-state index contributed by atoms with van der Waals surface area (Å²) >= 11 is 0. The van der Waals surface area contributed by atoms with Gasteiger partial charge in [-0.1, -0.05) is 0 Å². The molecule has 1 atom stereocenters. The number of nitrogens with zero attached hydrogens (tertiary/aromatic N) is 2. The number of rotatable bonds is 4. The second-order valence-electron chi connectivity index (χ2n) is 3.85. The number of hydrogen-bond donors (Lipinski definition) is 1. The van der Waals surface area contributed by atoms with Gasteiger partial charge in [0, 0.05) is 31.5 Å². The normalized spacial score (nSPS) is 11.6. The quantitative estimate of drug-likeness (QED) is 0.817. The topological polar surface area (TPSA) is 39.1 Å². The van der Waals surface area contributed by atoms with Crippen LogP contribution in [0.3, 0.4) is 0 Å². The van der Waals surface area contributed by atoms with Crippen LogP contribution in [0, 0.1) is 11.3 Å². The first-order valence-electron chi connectivity index (χ1n) is 5.04. The summed E-state index contributed by atoms with van der Waals surface area (Å²) in [6.07, 6.45) is 0.523. The zero-order chi connectivity index (χ0) is 11.3. The molecule has 3 heteroatoms. The highest BCUT2D eigenvalue weighted by Crippen LogP contribution is 2.16. The average Bonchev–Trinajstić information content (AvgIpc) is 2.18. The fourth-order valence-electron chi connectivity index (χ4n) is 1.33. The van der Waals surface area contributed by atoms with Gasteiger partial charge in [0.05, 0.1) is 12.5 Å². The number of anilines is 2. The summed E-state index contributed by atoms with van der Waals surface area (Å²) in [6, 6.07) is 10.5. The molecule has 0 amide bonds. The van der Waals surface area contributed by atoms with E-state index in [1.165, 1.54) is 5.69 Å². The first-order valence-corrected chi connectivity index (χ1v) is 5.04. The van der Waals surface area contributed by atoms with Crippen LogP contribution in [-0.4, -0.2) is 20.1 Å². The molecule has 1 aromatic rings. The van der Waals surface area contributed by atoms with E-state index in [2.05, 4.69) is 28.4 Å². The fourth-order valence-corrected chi connectivity index (χ4v) is 1.33. The first-order chi connectivity index (χ1) is 7.13. The van der Waals surface area contributed by atoms with Gasteiger partial charge in [0.15, 0.2) is 0 Å². The van der Waals surface area contributed by atoms with E-state index in [-0.39, 0.29) is 6.04 Å². The Bertz CT molecular complexity index is 335. The summed E-state index contributed by atoms with van der Waals surface area (Å²) in [5.74, 6) is 0. The minimum atomic E-state index is 0.195. The van der Waals surface area contributed by atoms with Crippen LogP contribution in [0.2, 0.25) is 0 Å². The highest BCUT2D eigenvalue weighted by Gasteiger charge is 2.01. The third-order valence-corrected chi connectivity index (χ3v) is 2.19. The minimum absolute atomic E-state index is 0.195. The molecule has 1 N–H and O–H groups in total. The fraction of sp³-hybridized carbons (Fsp3) is 0.417. The Kier molecular flexibility index (Phi) is 3.99. The molecule has 1 aromatic carbocycles. The van der Waals surface area contributed by atoms with Gasteiger partial charge >= 0.3 is 0 Å². The van der Waals surface area contributed by atoms with Gasteiger partial charge in [-0.05, 0) is 31.2 Å². The van der Waals surface area contributed by atoms with Gasteiger partial charge in [0.25, 0.3) is 0 Å². The van der Waals surface area contributed by atoms with Gasteiger partial charge in [0.2, 0.25) is 0 Å². The molecule has 15 heavy (non-hydrogen) atoms. The Morgan fingerprint density at radius 1 is 1.33 bits per heavy atom. The van der Waals surface area contributed by atoms with Crippen molar-refractivity contribution in [1.82, 2.24) is 0 Å². The van der Waals surface area contributed by atoms with Crippen molar-refractivity contribution in [2.45, 2.75) is 19.4 Å². The third-order valence-electron chi connectivity index (χ3n) is 2.19. The van der Waals surface area contributed by atoms with Gasteiger partial charge in [-0.15, -0.1) is 0 Å². The lowest BCUT2D eigenvalue weighted by atomic mass is 10.2. The van der Waals surface area contributed by atoms with Crippen molar-refractivity contribution in [1.29, 1.82) is 5.26 Å². The van der Waals surface area contributed by atoms with E-state index >= 15 is 0 Å². The van der Waals surface area contributed by atoms with Gasteiger partial charge in [-0.25, -0.2) is 0 Å². The van der Waals surface area contributed by atoms with Crippen LogP contribution in [0.5, 0.6) is 0 Å². The summed E-state index contributed by atoms with van der Waals surface area (Å²) in [5.41, 5.74) is 2.23. The Labute approximate surface area is 91.3 Å². The Balaban J connectivity index is 2.61. The minimum Gasteiger partial charge on any atom is -0.382 e. The predicted molar refractivity (Wildman–Crippen MR) is 64.1 cm³/mol. The van der Waals surface area contributed by atoms with Gasteiger partial charge < -0.3 is 10.2 Å². The van der Waals surface area contributed by atoms with Crippen molar-refractivity contribution in [3.63, 3.8) is 0 Å². The van der Waals surface area contributed by atoms with Crippen LogP contribution in [0.25, 0.3) is 0 Å². The number of hydrogen-bond acceptors (Lipinski definition) is 3. The Hall–Kier alpha value is -1.69. The Morgan fingerprint density at radius 2 is 1.93 bits per heavy atom. The van der Waals surface area contributed by atoms with E-state index in [0.29, 0.717) is 6.42 Å². The molecule has 0 aromatic heterocycles. The maximum Gasteiger partial charge on any atom is 0.0643 e. The molecule has 0 saturated heterocycles. The first kappa shape index (κ1) is 11.4. The van der Waals surface area contributed by atoms with E-state index < -0.39 is 0 Å². The van der Waals surface area contributed by atoms with E-state index in [1.807, 2.05) is 33.2 Å². The van der Waals surface area contributed by atoms with Crippen molar-refractivity contribution in [2.24, 2.45) is 0 Å². The predicted octanol–water partition coefficient (Wildman–Crippen LogP) is 2.47. The van der Waals surface area contributed by atoms with E-state index in [4.69, 9.17) is 5.26 Å². The maximum atomic E-state index is 8.53. The Morgan fingerprint density at radius 3 is 2.40 bits per heavy atom. The number of nitrogens with one attached hydrogen (secondary N) is 1. The zero-order valence-corrected chi connectivity index (χ0v) is 9.49. The lowest BCUT2D eigenvalue weighted by Crippen LogP contribution is -2.14. The molecule has 1 unspecified atom stereocenters. The molecular formula is C12H17N3. The summed E-state index contributed by atoms with van der Waals surface area (Å²) in [5, 5.41) is 11.8. The largest absolute Gasteiger partial charge is 0.382 e. The smallest absolute Gasteiger partial charge is 0.0643 e. The van der Waals surface area contributed by atoms with Crippen molar-refractivity contribution < 1.29 is 0 Å². The molecule has 0 aliphatic rings. The molecule has 0 heterocycles. The van der Waals surface area contributed by atoms with E-state index in [9.17, 15) is 0 Å². The molecule has 0 fully saturated rings. The van der Waals surface area contributed by atoms with Crippen LogP contribution in [0.4, 0.5) is 11.4 Å². The van der Waals surface area contributed by atoms with Crippen molar-refractivity contribution >= 4 is 11.4 Å². The SMILES string of the molecule is CC(CC#N)Nc1ccc(N(C)C)cc1. The molecule has 80 valence electrons. The highest BCUT2D eigenvalue weighted by molar-refractivity contribution is 5.54. The lowest BCUT2D eigenvalue weighted by Gasteiger charge is -2.15. The summed E-state index contributed by atoms with van der Waals surface area (Å²) in [4.78, 5) is 2.06. The van der Waals surface area contributed by atoms with Crippen molar-refractivity contribution in [2.75, 3.05) is 24.3 Å². The standard InChI is InChI=1S/C12H17N3/c1-10(8-9-13)14-11-4-6-12(7-5-11)15(2)3/h4-7,10,14H,8H2,1-3H3. The van der Waals surface area contributed by atoms with Gasteiger partial charge in [-0.2, -0.15) is 5.26 Å². The van der Waals surface area contributed by atoms with Crippen molar-refractivity contribution in [3.05, 3.63) is 24.3 Å². The lowest BCUT2D eigenvalue weighted by molar-refractivity contribution is 0.821. The second kappa shape index (κ2) is 5.26. The summed E-state index contributed by atoms with van der Waals surface area (Å²) < 4.78 is 0. The molecule has 0 aliphatic carbocycles. The van der Waals surface area contributed by atoms with Gasteiger partial charge in [-0.3, -0.25) is 0 Å². The second-order valence-corrected chi connectivity index (χ2v) is 3.85. The van der Waals surface area contributed by atoms with Crippen LogP contribution in [-0.2, 0) is 0 Å². The average molecular weight is 203 g/mol. The molecule has 0 spiro atoms. The van der Waals surface area contributed by atoms with Crippen LogP contribution in [0.1, 0.15) is 13.3 Å². The number of nitriles is 1. The van der Waals surface area contributed by atoms with Crippen molar-refractivity contribution in [3.8, 4) is 6.07 Å². The zero-order valence-electron chi connectivity index (χ0n) is 9.49. The summed E-state index contributed by atoms with van der Waals surface area (Å²) in [6.45, 7) is 2.00. The van der Waals surface area contributed by atoms with Gasteiger partial charge in [0.1, 0.15) is 0 Å². The molecular weight excluding hydrogens is 186 g/mol. The molecule has 3 nitrogen and oxygen atoms in total. The summed E-state index contributed by atoms with van der Waals surface area (Å²) in [7, 11) is 4.03. The molecule has 1 rings (SSSR count). The van der Waals surface area contributed by atoms with E-state index in [0.717, 1.165) is 5.69 Å². The molecule has 0 aliphatic heterocycles. The monoisotopic (exact) mass is 203 g/mol. The van der Waals surface area contributed by atoms with Crippen LogP contribution < -0.4 is 10.2 Å². The molecule has 0 saturated carbocycles.